The minimum atomic E-state index is -0.219. The third kappa shape index (κ3) is 2.15. The highest BCUT2D eigenvalue weighted by atomic mass is 16.3. The van der Waals surface area contributed by atoms with Crippen molar-refractivity contribution < 1.29 is 5.11 Å². The number of hydrogen-bond acceptors (Lipinski definition) is 1. The molecule has 1 unspecified atom stereocenters. The number of hydrogen-bond donors (Lipinski definition) is 1. The van der Waals surface area contributed by atoms with Gasteiger partial charge >= 0.3 is 0 Å². The van der Waals surface area contributed by atoms with Crippen molar-refractivity contribution in [3.63, 3.8) is 0 Å². The summed E-state index contributed by atoms with van der Waals surface area (Å²) in [6, 6.07) is 8.85. The van der Waals surface area contributed by atoms with E-state index < -0.39 is 0 Å². The standard InChI is InChI=1S/C15H22O/c1-11(2)10-13-4-6-14(7-5-13)15(8-9-15)12(3)16/h4-7,11-12,16H,8-10H2,1-3H3. The Kier molecular flexibility index (Phi) is 3.07. The highest BCUT2D eigenvalue weighted by molar-refractivity contribution is 5.35. The van der Waals surface area contributed by atoms with Gasteiger partial charge < -0.3 is 5.11 Å². The van der Waals surface area contributed by atoms with E-state index in [1.807, 2.05) is 6.92 Å². The van der Waals surface area contributed by atoms with Crippen molar-refractivity contribution in [2.24, 2.45) is 5.92 Å². The minimum Gasteiger partial charge on any atom is -0.392 e. The SMILES string of the molecule is CC(C)Cc1ccc(C2(C(C)O)CC2)cc1. The Morgan fingerprint density at radius 2 is 1.69 bits per heavy atom. The molecule has 0 radical (unpaired) electrons. The zero-order valence-corrected chi connectivity index (χ0v) is 10.5. The van der Waals surface area contributed by atoms with Crippen LogP contribution in [0.15, 0.2) is 24.3 Å². The molecule has 0 saturated heterocycles. The van der Waals surface area contributed by atoms with Crippen LogP contribution in [0.1, 0.15) is 44.7 Å². The summed E-state index contributed by atoms with van der Waals surface area (Å²) in [5, 5.41) is 9.81. The summed E-state index contributed by atoms with van der Waals surface area (Å²) < 4.78 is 0. The predicted molar refractivity (Wildman–Crippen MR) is 67.6 cm³/mol. The Hall–Kier alpha value is -0.820. The van der Waals surface area contributed by atoms with Crippen LogP contribution in [-0.2, 0) is 11.8 Å². The Balaban J connectivity index is 2.14. The Labute approximate surface area is 98.5 Å². The van der Waals surface area contributed by atoms with Gasteiger partial charge in [0, 0.05) is 5.41 Å². The molecule has 0 bridgehead atoms. The smallest absolute Gasteiger partial charge is 0.0608 e. The number of aliphatic hydroxyl groups is 1. The monoisotopic (exact) mass is 218 g/mol. The summed E-state index contributed by atoms with van der Waals surface area (Å²) in [5.74, 6) is 0.706. The van der Waals surface area contributed by atoms with Crippen molar-refractivity contribution >= 4 is 0 Å². The third-order valence-corrected chi connectivity index (χ3v) is 3.76. The van der Waals surface area contributed by atoms with Crippen LogP contribution >= 0.6 is 0 Å². The average molecular weight is 218 g/mol. The minimum absolute atomic E-state index is 0.0797. The first-order valence-corrected chi connectivity index (χ1v) is 6.32. The number of aliphatic hydroxyl groups excluding tert-OH is 1. The molecule has 1 aromatic rings. The molecule has 0 spiro atoms. The van der Waals surface area contributed by atoms with Crippen molar-refractivity contribution in [2.75, 3.05) is 0 Å². The van der Waals surface area contributed by atoms with E-state index in [9.17, 15) is 5.11 Å². The summed E-state index contributed by atoms with van der Waals surface area (Å²) in [6.07, 6.45) is 3.19. The molecule has 1 aliphatic rings. The lowest BCUT2D eigenvalue weighted by Crippen LogP contribution is -2.22. The zero-order valence-electron chi connectivity index (χ0n) is 10.5. The zero-order chi connectivity index (χ0) is 11.8. The maximum absolute atomic E-state index is 9.81. The molecular weight excluding hydrogens is 196 g/mol. The van der Waals surface area contributed by atoms with Gasteiger partial charge in [0.05, 0.1) is 6.10 Å². The van der Waals surface area contributed by atoms with Gasteiger partial charge in [-0.3, -0.25) is 0 Å². The fourth-order valence-electron chi connectivity index (χ4n) is 2.53. The van der Waals surface area contributed by atoms with Gasteiger partial charge in [-0.15, -0.1) is 0 Å². The second-order valence-electron chi connectivity index (χ2n) is 5.63. The van der Waals surface area contributed by atoms with Crippen molar-refractivity contribution in [1.29, 1.82) is 0 Å². The second kappa shape index (κ2) is 4.21. The number of rotatable bonds is 4. The molecule has 1 aromatic carbocycles. The van der Waals surface area contributed by atoms with E-state index in [0.29, 0.717) is 5.92 Å². The summed E-state index contributed by atoms with van der Waals surface area (Å²) in [5.41, 5.74) is 2.80. The normalized spacial score (nSPS) is 19.8. The molecule has 1 fully saturated rings. The third-order valence-electron chi connectivity index (χ3n) is 3.76. The van der Waals surface area contributed by atoms with E-state index in [2.05, 4.69) is 38.1 Å². The van der Waals surface area contributed by atoms with E-state index in [4.69, 9.17) is 0 Å². The quantitative estimate of drug-likeness (QED) is 0.822. The van der Waals surface area contributed by atoms with Gasteiger partial charge in [-0.2, -0.15) is 0 Å². The topological polar surface area (TPSA) is 20.2 Å². The van der Waals surface area contributed by atoms with Crippen molar-refractivity contribution in [3.05, 3.63) is 35.4 Å². The van der Waals surface area contributed by atoms with E-state index in [0.717, 1.165) is 19.3 Å². The summed E-state index contributed by atoms with van der Waals surface area (Å²) in [6.45, 7) is 6.40. The summed E-state index contributed by atoms with van der Waals surface area (Å²) >= 11 is 0. The predicted octanol–water partition coefficient (Wildman–Crippen LogP) is 3.30. The van der Waals surface area contributed by atoms with Crippen molar-refractivity contribution in [3.8, 4) is 0 Å². The Morgan fingerprint density at radius 1 is 1.12 bits per heavy atom. The lowest BCUT2D eigenvalue weighted by molar-refractivity contribution is 0.150. The average Bonchev–Trinajstić information content (AvgIpc) is 2.98. The van der Waals surface area contributed by atoms with Gasteiger partial charge in [0.15, 0.2) is 0 Å². The summed E-state index contributed by atoms with van der Waals surface area (Å²) in [4.78, 5) is 0. The van der Waals surface area contributed by atoms with Crippen LogP contribution in [-0.4, -0.2) is 11.2 Å². The highest BCUT2D eigenvalue weighted by Crippen LogP contribution is 2.50. The van der Waals surface area contributed by atoms with Gasteiger partial charge in [-0.25, -0.2) is 0 Å². The van der Waals surface area contributed by atoms with Crippen LogP contribution in [0.25, 0.3) is 0 Å². The van der Waals surface area contributed by atoms with Crippen LogP contribution < -0.4 is 0 Å². The van der Waals surface area contributed by atoms with Crippen LogP contribution in [0, 0.1) is 5.92 Å². The van der Waals surface area contributed by atoms with Gasteiger partial charge in [-0.1, -0.05) is 38.1 Å². The molecule has 1 atom stereocenters. The first-order valence-electron chi connectivity index (χ1n) is 6.32. The van der Waals surface area contributed by atoms with Gasteiger partial charge in [0.1, 0.15) is 0 Å². The molecule has 0 amide bonds. The molecule has 2 rings (SSSR count). The molecule has 1 nitrogen and oxygen atoms in total. The maximum atomic E-state index is 9.81. The number of benzene rings is 1. The Bertz CT molecular complexity index is 344. The van der Waals surface area contributed by atoms with E-state index >= 15 is 0 Å². The molecule has 1 aliphatic carbocycles. The highest BCUT2D eigenvalue weighted by Gasteiger charge is 2.48. The van der Waals surface area contributed by atoms with Gasteiger partial charge in [0.2, 0.25) is 0 Å². The molecule has 0 aromatic heterocycles. The van der Waals surface area contributed by atoms with E-state index in [1.54, 1.807) is 0 Å². The molecule has 0 heterocycles. The molecule has 1 N–H and O–H groups in total. The van der Waals surface area contributed by atoms with Gasteiger partial charge in [0.25, 0.3) is 0 Å². The largest absolute Gasteiger partial charge is 0.392 e. The molecule has 16 heavy (non-hydrogen) atoms. The first-order chi connectivity index (χ1) is 7.54. The maximum Gasteiger partial charge on any atom is 0.0608 e. The fourth-order valence-corrected chi connectivity index (χ4v) is 2.53. The molecule has 0 aliphatic heterocycles. The van der Waals surface area contributed by atoms with Gasteiger partial charge in [-0.05, 0) is 43.2 Å². The molecular formula is C15H22O. The van der Waals surface area contributed by atoms with E-state index in [1.165, 1.54) is 11.1 Å². The van der Waals surface area contributed by atoms with Crippen molar-refractivity contribution in [2.45, 2.75) is 51.6 Å². The van der Waals surface area contributed by atoms with Crippen molar-refractivity contribution in [1.82, 2.24) is 0 Å². The van der Waals surface area contributed by atoms with Crippen LogP contribution in [0.5, 0.6) is 0 Å². The van der Waals surface area contributed by atoms with Crippen LogP contribution in [0.3, 0.4) is 0 Å². The van der Waals surface area contributed by atoms with Crippen LogP contribution in [0.2, 0.25) is 0 Å². The van der Waals surface area contributed by atoms with Crippen LogP contribution in [0.4, 0.5) is 0 Å². The molecule has 1 heteroatoms. The fraction of sp³-hybridized carbons (Fsp3) is 0.600. The van der Waals surface area contributed by atoms with E-state index in [-0.39, 0.29) is 11.5 Å². The Morgan fingerprint density at radius 3 is 2.06 bits per heavy atom. The first kappa shape index (κ1) is 11.7. The molecule has 1 saturated carbocycles. The molecule has 88 valence electrons. The second-order valence-corrected chi connectivity index (χ2v) is 5.63. The summed E-state index contributed by atoms with van der Waals surface area (Å²) in [7, 11) is 0. The lowest BCUT2D eigenvalue weighted by Gasteiger charge is -2.19. The lowest BCUT2D eigenvalue weighted by atomic mass is 9.89.